The van der Waals surface area contributed by atoms with E-state index in [0.717, 1.165) is 16.1 Å². The summed E-state index contributed by atoms with van der Waals surface area (Å²) in [6, 6.07) is 11.0. The van der Waals surface area contributed by atoms with E-state index >= 15 is 0 Å². The van der Waals surface area contributed by atoms with Gasteiger partial charge >= 0.3 is 6.18 Å². The molecular formula is C15H12BrClF3N. The fraction of sp³-hybridized carbons (Fsp3) is 0.200. The van der Waals surface area contributed by atoms with Crippen molar-refractivity contribution in [1.29, 1.82) is 0 Å². The molecule has 0 aliphatic rings. The van der Waals surface area contributed by atoms with Gasteiger partial charge in [-0.15, -0.1) is 0 Å². The Labute approximate surface area is 134 Å². The molecule has 0 radical (unpaired) electrons. The number of rotatable bonds is 4. The lowest BCUT2D eigenvalue weighted by Gasteiger charge is -2.13. The predicted octanol–water partition coefficient (Wildman–Crippen LogP) is 5.41. The van der Waals surface area contributed by atoms with Crippen LogP contribution in [-0.2, 0) is 19.3 Å². The van der Waals surface area contributed by atoms with E-state index in [0.29, 0.717) is 11.6 Å². The molecule has 0 atom stereocenters. The van der Waals surface area contributed by atoms with Crippen molar-refractivity contribution < 1.29 is 13.2 Å². The van der Waals surface area contributed by atoms with Crippen molar-refractivity contribution in [3.05, 3.63) is 68.7 Å². The molecule has 0 amide bonds. The van der Waals surface area contributed by atoms with Crippen LogP contribution in [0.4, 0.5) is 13.2 Å². The van der Waals surface area contributed by atoms with Crippen LogP contribution >= 0.6 is 27.5 Å². The summed E-state index contributed by atoms with van der Waals surface area (Å²) in [5.74, 6) is 0. The van der Waals surface area contributed by atoms with E-state index in [1.807, 2.05) is 12.1 Å². The zero-order valence-electron chi connectivity index (χ0n) is 10.8. The van der Waals surface area contributed by atoms with Gasteiger partial charge in [0.15, 0.2) is 0 Å². The van der Waals surface area contributed by atoms with Gasteiger partial charge in [-0.25, -0.2) is 0 Å². The molecule has 2 rings (SSSR count). The predicted molar refractivity (Wildman–Crippen MR) is 81.1 cm³/mol. The minimum Gasteiger partial charge on any atom is -0.309 e. The highest BCUT2D eigenvalue weighted by Gasteiger charge is 2.32. The molecule has 21 heavy (non-hydrogen) atoms. The SMILES string of the molecule is FC(F)(F)c1ccccc1CNCc1ccc(Cl)c(Br)c1. The fourth-order valence-electron chi connectivity index (χ4n) is 1.94. The first-order valence-electron chi connectivity index (χ1n) is 6.17. The van der Waals surface area contributed by atoms with Gasteiger partial charge in [0.1, 0.15) is 0 Å². The molecule has 2 aromatic carbocycles. The van der Waals surface area contributed by atoms with Crippen LogP contribution in [0.25, 0.3) is 0 Å². The highest BCUT2D eigenvalue weighted by atomic mass is 79.9. The molecule has 1 nitrogen and oxygen atoms in total. The number of nitrogens with one attached hydrogen (secondary N) is 1. The number of hydrogen-bond donors (Lipinski definition) is 1. The minimum atomic E-state index is -4.33. The summed E-state index contributed by atoms with van der Waals surface area (Å²) in [6.07, 6.45) is -4.33. The molecule has 1 N–H and O–H groups in total. The topological polar surface area (TPSA) is 12.0 Å². The summed E-state index contributed by atoms with van der Waals surface area (Å²) in [5, 5.41) is 3.61. The molecule has 0 aliphatic carbocycles. The molecule has 0 heterocycles. The molecule has 0 saturated carbocycles. The second-order valence-electron chi connectivity index (χ2n) is 4.51. The van der Waals surface area contributed by atoms with Gasteiger partial charge in [-0.2, -0.15) is 13.2 Å². The van der Waals surface area contributed by atoms with E-state index in [2.05, 4.69) is 21.2 Å². The van der Waals surface area contributed by atoms with E-state index < -0.39 is 11.7 Å². The number of halogens is 5. The van der Waals surface area contributed by atoms with Crippen LogP contribution in [0.3, 0.4) is 0 Å². The van der Waals surface area contributed by atoms with Crippen LogP contribution in [0.5, 0.6) is 0 Å². The highest BCUT2D eigenvalue weighted by molar-refractivity contribution is 9.10. The molecule has 0 aliphatic heterocycles. The maximum atomic E-state index is 12.8. The molecule has 112 valence electrons. The Hall–Kier alpha value is -1.04. The zero-order valence-corrected chi connectivity index (χ0v) is 13.2. The van der Waals surface area contributed by atoms with E-state index in [4.69, 9.17) is 11.6 Å². The Kier molecular flexibility index (Phi) is 5.30. The first-order chi connectivity index (χ1) is 9.88. The van der Waals surface area contributed by atoms with Crippen molar-refractivity contribution >= 4 is 27.5 Å². The summed E-state index contributed by atoms with van der Waals surface area (Å²) in [6.45, 7) is 0.609. The summed E-state index contributed by atoms with van der Waals surface area (Å²) >= 11 is 9.20. The van der Waals surface area contributed by atoms with Crippen LogP contribution in [-0.4, -0.2) is 0 Å². The van der Waals surface area contributed by atoms with Crippen molar-refractivity contribution in [2.75, 3.05) is 0 Å². The van der Waals surface area contributed by atoms with Crippen molar-refractivity contribution in [3.63, 3.8) is 0 Å². The third kappa shape index (κ3) is 4.46. The molecule has 6 heteroatoms. The molecule has 0 aromatic heterocycles. The third-order valence-corrected chi connectivity index (χ3v) is 4.17. The van der Waals surface area contributed by atoms with E-state index in [-0.39, 0.29) is 12.1 Å². The summed E-state index contributed by atoms with van der Waals surface area (Å²) in [4.78, 5) is 0. The standard InChI is InChI=1S/C15H12BrClF3N/c16-13-7-10(5-6-14(13)17)8-21-9-11-3-1-2-4-12(11)15(18,19)20/h1-7,21H,8-9H2. The molecule has 0 unspecified atom stereocenters. The second kappa shape index (κ2) is 6.81. The molecule has 0 fully saturated rings. The lowest BCUT2D eigenvalue weighted by molar-refractivity contribution is -0.138. The van der Waals surface area contributed by atoms with Crippen LogP contribution in [0.1, 0.15) is 16.7 Å². The van der Waals surface area contributed by atoms with Crippen LogP contribution in [0.2, 0.25) is 5.02 Å². The second-order valence-corrected chi connectivity index (χ2v) is 5.77. The molecular weight excluding hydrogens is 367 g/mol. The Bertz CT molecular complexity index is 629. The largest absolute Gasteiger partial charge is 0.416 e. The number of benzene rings is 2. The summed E-state index contributed by atoms with van der Waals surface area (Å²) < 4.78 is 39.3. The Morgan fingerprint density at radius 2 is 1.76 bits per heavy atom. The van der Waals surface area contributed by atoms with Gasteiger partial charge in [0, 0.05) is 17.6 Å². The zero-order chi connectivity index (χ0) is 15.5. The molecule has 0 saturated heterocycles. The van der Waals surface area contributed by atoms with Crippen LogP contribution < -0.4 is 5.32 Å². The van der Waals surface area contributed by atoms with Crippen LogP contribution in [0.15, 0.2) is 46.9 Å². The first-order valence-corrected chi connectivity index (χ1v) is 7.35. The number of alkyl halides is 3. The average Bonchev–Trinajstić information content (AvgIpc) is 2.42. The van der Waals surface area contributed by atoms with Gasteiger partial charge in [-0.3, -0.25) is 0 Å². The van der Waals surface area contributed by atoms with Crippen LogP contribution in [0, 0.1) is 0 Å². The highest BCUT2D eigenvalue weighted by Crippen LogP contribution is 2.31. The normalized spacial score (nSPS) is 11.7. The monoisotopic (exact) mass is 377 g/mol. The van der Waals surface area contributed by atoms with Gasteiger partial charge in [-0.1, -0.05) is 35.9 Å². The molecule has 2 aromatic rings. The maximum Gasteiger partial charge on any atom is 0.416 e. The van der Waals surface area contributed by atoms with Gasteiger partial charge < -0.3 is 5.32 Å². The lowest BCUT2D eigenvalue weighted by atomic mass is 10.1. The Morgan fingerprint density at radius 1 is 1.05 bits per heavy atom. The minimum absolute atomic E-state index is 0.149. The van der Waals surface area contributed by atoms with Gasteiger partial charge in [0.25, 0.3) is 0 Å². The summed E-state index contributed by atoms with van der Waals surface area (Å²) in [5.41, 5.74) is 0.573. The molecule has 0 spiro atoms. The van der Waals surface area contributed by atoms with Gasteiger partial charge in [0.2, 0.25) is 0 Å². The average molecular weight is 379 g/mol. The van der Waals surface area contributed by atoms with Gasteiger partial charge in [0.05, 0.1) is 10.6 Å². The van der Waals surface area contributed by atoms with Crippen molar-refractivity contribution in [2.24, 2.45) is 0 Å². The Balaban J connectivity index is 2.02. The van der Waals surface area contributed by atoms with E-state index in [1.54, 1.807) is 12.1 Å². The van der Waals surface area contributed by atoms with E-state index in [1.165, 1.54) is 12.1 Å². The van der Waals surface area contributed by atoms with Crippen molar-refractivity contribution in [2.45, 2.75) is 19.3 Å². The lowest BCUT2D eigenvalue weighted by Crippen LogP contribution is -2.17. The Morgan fingerprint density at radius 3 is 2.43 bits per heavy atom. The smallest absolute Gasteiger partial charge is 0.309 e. The van der Waals surface area contributed by atoms with Crippen molar-refractivity contribution in [3.8, 4) is 0 Å². The van der Waals surface area contributed by atoms with Gasteiger partial charge in [-0.05, 0) is 45.3 Å². The number of hydrogen-bond acceptors (Lipinski definition) is 1. The van der Waals surface area contributed by atoms with E-state index in [9.17, 15) is 13.2 Å². The first kappa shape index (κ1) is 16.3. The fourth-order valence-corrected chi connectivity index (χ4v) is 2.49. The third-order valence-electron chi connectivity index (χ3n) is 2.95. The van der Waals surface area contributed by atoms with Crippen molar-refractivity contribution in [1.82, 2.24) is 5.32 Å². The maximum absolute atomic E-state index is 12.8. The summed E-state index contributed by atoms with van der Waals surface area (Å²) in [7, 11) is 0. The molecule has 0 bridgehead atoms. The quantitative estimate of drug-likeness (QED) is 0.750.